The van der Waals surface area contributed by atoms with Crippen LogP contribution in [0.3, 0.4) is 0 Å². The van der Waals surface area contributed by atoms with Crippen LogP contribution in [0.2, 0.25) is 0 Å². The number of likely N-dealkylation sites (tertiary alicyclic amines) is 1. The van der Waals surface area contributed by atoms with Crippen molar-refractivity contribution in [1.82, 2.24) is 10.2 Å². The highest BCUT2D eigenvalue weighted by Crippen LogP contribution is 2.27. The van der Waals surface area contributed by atoms with Crippen molar-refractivity contribution in [3.63, 3.8) is 0 Å². The molecule has 2 aliphatic heterocycles. The molecule has 0 saturated carbocycles. The fourth-order valence-corrected chi connectivity index (χ4v) is 4.27. The van der Waals surface area contributed by atoms with Gasteiger partial charge in [0.25, 0.3) is 0 Å². The Balaban J connectivity index is 0.00000176. The lowest BCUT2D eigenvalue weighted by molar-refractivity contribution is -0.135. The second kappa shape index (κ2) is 8.80. The highest BCUT2D eigenvalue weighted by atomic mass is 35.5. The smallest absolute Gasteiger partial charge is 0.226 e. The maximum Gasteiger partial charge on any atom is 0.226 e. The van der Waals surface area contributed by atoms with Gasteiger partial charge in [0, 0.05) is 30.3 Å². The second-order valence-corrected chi connectivity index (χ2v) is 7.20. The summed E-state index contributed by atoms with van der Waals surface area (Å²) in [6, 6.07) is 10.6. The Morgan fingerprint density at radius 1 is 1.27 bits per heavy atom. The van der Waals surface area contributed by atoms with E-state index in [1.54, 1.807) is 0 Å². The molecule has 0 spiro atoms. The van der Waals surface area contributed by atoms with E-state index in [9.17, 15) is 4.79 Å². The van der Waals surface area contributed by atoms with Gasteiger partial charge in [-0.15, -0.1) is 24.2 Å². The number of halogens is 1. The first-order valence-corrected chi connectivity index (χ1v) is 8.99. The minimum absolute atomic E-state index is 0. The van der Waals surface area contributed by atoms with E-state index in [4.69, 9.17) is 0 Å². The monoisotopic (exact) mass is 340 g/mol. The zero-order valence-corrected chi connectivity index (χ0v) is 14.5. The first-order chi connectivity index (χ1) is 10.3. The highest BCUT2D eigenvalue weighted by Gasteiger charge is 2.31. The van der Waals surface area contributed by atoms with E-state index in [0.29, 0.717) is 11.8 Å². The van der Waals surface area contributed by atoms with Crippen molar-refractivity contribution in [3.05, 3.63) is 30.3 Å². The van der Waals surface area contributed by atoms with Gasteiger partial charge in [0.2, 0.25) is 5.91 Å². The molecule has 1 aromatic carbocycles. The maximum atomic E-state index is 12.5. The predicted molar refractivity (Wildman–Crippen MR) is 94.7 cm³/mol. The molecule has 2 saturated heterocycles. The van der Waals surface area contributed by atoms with Crippen LogP contribution in [0.5, 0.6) is 0 Å². The first-order valence-electron chi connectivity index (χ1n) is 8.00. The maximum absolute atomic E-state index is 12.5. The van der Waals surface area contributed by atoms with Crippen LogP contribution in [-0.2, 0) is 4.79 Å². The average Bonchev–Trinajstić information content (AvgIpc) is 3.03. The van der Waals surface area contributed by atoms with Gasteiger partial charge in [-0.2, -0.15) is 0 Å². The van der Waals surface area contributed by atoms with Crippen LogP contribution in [-0.4, -0.2) is 42.7 Å². The normalized spacial score (nSPS) is 24.8. The van der Waals surface area contributed by atoms with Crippen LogP contribution in [0, 0.1) is 11.8 Å². The summed E-state index contributed by atoms with van der Waals surface area (Å²) in [5.74, 6) is 2.38. The summed E-state index contributed by atoms with van der Waals surface area (Å²) in [4.78, 5) is 15.9. The Hall–Kier alpha value is -0.710. The third-order valence-electron chi connectivity index (χ3n) is 4.47. The third kappa shape index (κ3) is 4.64. The summed E-state index contributed by atoms with van der Waals surface area (Å²) in [5, 5.41) is 3.35. The summed E-state index contributed by atoms with van der Waals surface area (Å²) >= 11 is 1.92. The lowest BCUT2D eigenvalue weighted by atomic mass is 9.98. The molecular weight excluding hydrogens is 316 g/mol. The number of nitrogens with one attached hydrogen (secondary N) is 1. The van der Waals surface area contributed by atoms with Crippen LogP contribution in [0.4, 0.5) is 0 Å². The first kappa shape index (κ1) is 17.6. The Bertz CT molecular complexity index is 465. The molecule has 1 N–H and O–H groups in total. The molecule has 2 fully saturated rings. The van der Waals surface area contributed by atoms with E-state index in [1.165, 1.54) is 4.90 Å². The number of piperidine rings is 1. The minimum Gasteiger partial charge on any atom is -0.342 e. The molecule has 1 aromatic rings. The number of hydrogen-bond donors (Lipinski definition) is 1. The average molecular weight is 341 g/mol. The third-order valence-corrected chi connectivity index (χ3v) is 5.72. The van der Waals surface area contributed by atoms with Crippen LogP contribution in [0.25, 0.3) is 0 Å². The largest absolute Gasteiger partial charge is 0.342 e. The van der Waals surface area contributed by atoms with Crippen LogP contribution in [0.15, 0.2) is 35.2 Å². The molecule has 2 heterocycles. The fraction of sp³-hybridized carbons (Fsp3) is 0.588. The van der Waals surface area contributed by atoms with E-state index >= 15 is 0 Å². The van der Waals surface area contributed by atoms with Crippen LogP contribution < -0.4 is 5.32 Å². The molecule has 3 rings (SSSR count). The highest BCUT2D eigenvalue weighted by molar-refractivity contribution is 7.99. The van der Waals surface area contributed by atoms with Crippen molar-refractivity contribution in [2.75, 3.05) is 31.9 Å². The van der Waals surface area contributed by atoms with Gasteiger partial charge in [-0.05, 0) is 43.9 Å². The fourth-order valence-electron chi connectivity index (χ4n) is 3.22. The predicted octanol–water partition coefficient (Wildman–Crippen LogP) is 3.05. The number of thioether (sulfide) groups is 1. The number of carbonyl (C=O) groups is 1. The molecule has 5 heteroatoms. The lowest BCUT2D eigenvalue weighted by Gasteiger charge is -2.26. The van der Waals surface area contributed by atoms with E-state index in [0.717, 1.165) is 51.2 Å². The van der Waals surface area contributed by atoms with Crippen LogP contribution >= 0.6 is 24.2 Å². The molecular formula is C17H25ClN2OS. The van der Waals surface area contributed by atoms with Crippen molar-refractivity contribution < 1.29 is 4.79 Å². The number of rotatable bonds is 4. The number of nitrogens with zero attached hydrogens (tertiary/aromatic N) is 1. The van der Waals surface area contributed by atoms with Gasteiger partial charge in [0.05, 0.1) is 5.92 Å². The molecule has 0 radical (unpaired) electrons. The minimum atomic E-state index is 0. The second-order valence-electron chi connectivity index (χ2n) is 6.11. The Labute approximate surface area is 143 Å². The summed E-state index contributed by atoms with van der Waals surface area (Å²) < 4.78 is 0. The molecule has 22 heavy (non-hydrogen) atoms. The van der Waals surface area contributed by atoms with Gasteiger partial charge in [-0.3, -0.25) is 4.79 Å². The SMILES string of the molecule is Cl.O=C(C1CCCNC1)N1CCC(CSc2ccccc2)C1. The van der Waals surface area contributed by atoms with Crippen molar-refractivity contribution in [1.29, 1.82) is 0 Å². The van der Waals surface area contributed by atoms with Gasteiger partial charge in [0.1, 0.15) is 0 Å². The topological polar surface area (TPSA) is 32.3 Å². The standard InChI is InChI=1S/C17H24N2OS.ClH/c20-17(15-5-4-9-18-11-15)19-10-8-14(12-19)13-21-16-6-2-1-3-7-16;/h1-3,6-7,14-15,18H,4-5,8-13H2;1H. The molecule has 122 valence electrons. The van der Waals surface area contributed by atoms with Gasteiger partial charge in [-0.1, -0.05) is 18.2 Å². The van der Waals surface area contributed by atoms with E-state index < -0.39 is 0 Å². The number of benzene rings is 1. The summed E-state index contributed by atoms with van der Waals surface area (Å²) in [5.41, 5.74) is 0. The molecule has 0 aromatic heterocycles. The van der Waals surface area contributed by atoms with Gasteiger partial charge in [0.15, 0.2) is 0 Å². The molecule has 0 bridgehead atoms. The molecule has 0 aliphatic carbocycles. The molecule has 2 atom stereocenters. The van der Waals surface area contributed by atoms with Gasteiger partial charge < -0.3 is 10.2 Å². The summed E-state index contributed by atoms with van der Waals surface area (Å²) in [6.45, 7) is 3.85. The Morgan fingerprint density at radius 2 is 2.09 bits per heavy atom. The van der Waals surface area contributed by atoms with Crippen molar-refractivity contribution in [2.45, 2.75) is 24.2 Å². The zero-order chi connectivity index (χ0) is 14.5. The zero-order valence-electron chi connectivity index (χ0n) is 12.9. The van der Waals surface area contributed by atoms with Crippen LogP contribution in [0.1, 0.15) is 19.3 Å². The molecule has 1 amide bonds. The van der Waals surface area contributed by atoms with E-state index in [-0.39, 0.29) is 18.3 Å². The molecule has 2 aliphatic rings. The molecule has 2 unspecified atom stereocenters. The Kier molecular flexibility index (Phi) is 7.06. The van der Waals surface area contributed by atoms with Gasteiger partial charge in [-0.25, -0.2) is 0 Å². The van der Waals surface area contributed by atoms with Gasteiger partial charge >= 0.3 is 0 Å². The van der Waals surface area contributed by atoms with Crippen molar-refractivity contribution >= 4 is 30.1 Å². The number of carbonyl (C=O) groups excluding carboxylic acids is 1. The van der Waals surface area contributed by atoms with Crippen molar-refractivity contribution in [2.24, 2.45) is 11.8 Å². The van der Waals surface area contributed by atoms with E-state index in [1.807, 2.05) is 11.8 Å². The summed E-state index contributed by atoms with van der Waals surface area (Å²) in [6.07, 6.45) is 3.36. The Morgan fingerprint density at radius 3 is 2.82 bits per heavy atom. The number of hydrogen-bond acceptors (Lipinski definition) is 3. The van der Waals surface area contributed by atoms with Crippen molar-refractivity contribution in [3.8, 4) is 0 Å². The quantitative estimate of drug-likeness (QED) is 0.855. The lowest BCUT2D eigenvalue weighted by Crippen LogP contribution is -2.42. The van der Waals surface area contributed by atoms with E-state index in [2.05, 4.69) is 40.5 Å². The molecule has 3 nitrogen and oxygen atoms in total. The number of amides is 1. The summed E-state index contributed by atoms with van der Waals surface area (Å²) in [7, 11) is 0.